The molecule has 0 fully saturated rings. The van der Waals surface area contributed by atoms with Crippen LogP contribution in [0.5, 0.6) is 0 Å². The van der Waals surface area contributed by atoms with E-state index in [-0.39, 0.29) is 18.9 Å². The zero-order chi connectivity index (χ0) is 37.4. The van der Waals surface area contributed by atoms with Gasteiger partial charge >= 0.3 is 0 Å². The summed E-state index contributed by atoms with van der Waals surface area (Å²) in [6.07, 6.45) is 32.1. The highest BCUT2D eigenvalue weighted by atomic mass is 31.2. The van der Waals surface area contributed by atoms with Crippen LogP contribution < -0.4 is 10.2 Å². The van der Waals surface area contributed by atoms with Gasteiger partial charge in [-0.2, -0.15) is 0 Å². The van der Waals surface area contributed by atoms with Crippen LogP contribution in [0.4, 0.5) is 0 Å². The van der Waals surface area contributed by atoms with Crippen LogP contribution in [0.2, 0.25) is 0 Å². The average molecular weight is 731 g/mol. The van der Waals surface area contributed by atoms with E-state index in [1.807, 2.05) is 21.1 Å². The number of hydrogen-bond donors (Lipinski definition) is 3. The zero-order valence-corrected chi connectivity index (χ0v) is 33.9. The van der Waals surface area contributed by atoms with E-state index in [1.54, 1.807) is 0 Å². The lowest BCUT2D eigenvalue weighted by molar-refractivity contribution is -0.870. The van der Waals surface area contributed by atoms with Crippen LogP contribution in [0.3, 0.4) is 0 Å². The van der Waals surface area contributed by atoms with Gasteiger partial charge < -0.3 is 34.0 Å². The van der Waals surface area contributed by atoms with Crippen LogP contribution >= 0.6 is 7.82 Å². The lowest BCUT2D eigenvalue weighted by Gasteiger charge is -2.31. The number of allylic oxidation sites excluding steroid dienone is 4. The Morgan fingerprint density at radius 1 is 0.700 bits per heavy atom. The van der Waals surface area contributed by atoms with E-state index < -0.39 is 32.7 Å². The molecule has 0 spiro atoms. The molecule has 0 saturated heterocycles. The highest BCUT2D eigenvalue weighted by Gasteiger charge is 2.29. The Balaban J connectivity index is 4.64. The van der Waals surface area contributed by atoms with Crippen LogP contribution in [-0.2, 0) is 18.4 Å². The Kier molecular flexibility index (Phi) is 31.9. The van der Waals surface area contributed by atoms with Gasteiger partial charge in [0.2, 0.25) is 5.91 Å². The largest absolute Gasteiger partial charge is 0.756 e. The average Bonchev–Trinajstić information content (AvgIpc) is 3.06. The molecule has 0 aliphatic rings. The Labute approximate surface area is 307 Å². The highest BCUT2D eigenvalue weighted by molar-refractivity contribution is 7.45. The third-order valence-electron chi connectivity index (χ3n) is 9.00. The molecule has 0 aromatic heterocycles. The van der Waals surface area contributed by atoms with E-state index in [0.29, 0.717) is 30.3 Å². The number of amides is 1. The smallest absolute Gasteiger partial charge is 0.268 e. The number of hydrogen-bond acceptors (Lipinski definition) is 7. The molecule has 9 nitrogen and oxygen atoms in total. The van der Waals surface area contributed by atoms with Gasteiger partial charge in [0.1, 0.15) is 19.3 Å². The molecule has 0 aliphatic heterocycles. The molecule has 4 atom stereocenters. The molecule has 0 bridgehead atoms. The minimum absolute atomic E-state index is 0.0473. The number of phosphoric ester groups is 1. The lowest BCUT2D eigenvalue weighted by atomic mass is 10.0. The summed E-state index contributed by atoms with van der Waals surface area (Å²) < 4.78 is 23.0. The maximum atomic E-state index is 12.8. The first kappa shape index (κ1) is 48.9. The molecule has 0 aromatic carbocycles. The maximum absolute atomic E-state index is 12.8. The lowest BCUT2D eigenvalue weighted by Crippen LogP contribution is -2.51. The molecule has 1 amide bonds. The maximum Gasteiger partial charge on any atom is 0.268 e. The molecule has 0 radical (unpaired) electrons. The monoisotopic (exact) mass is 731 g/mol. The van der Waals surface area contributed by atoms with Gasteiger partial charge in [-0.3, -0.25) is 9.36 Å². The highest BCUT2D eigenvalue weighted by Crippen LogP contribution is 2.38. The molecule has 0 aliphatic carbocycles. The third-order valence-corrected chi connectivity index (χ3v) is 9.97. The molecule has 3 N–H and O–H groups in total. The summed E-state index contributed by atoms with van der Waals surface area (Å²) in [4.78, 5) is 25.2. The second-order valence-corrected chi connectivity index (χ2v) is 16.5. The summed E-state index contributed by atoms with van der Waals surface area (Å²) in [6.45, 7) is 4.37. The summed E-state index contributed by atoms with van der Waals surface area (Å²) in [5.74, 6) is -0.299. The van der Waals surface area contributed by atoms with Gasteiger partial charge in [-0.25, -0.2) is 0 Å². The second kappa shape index (κ2) is 32.6. The minimum Gasteiger partial charge on any atom is -0.756 e. The normalized spacial score (nSPS) is 15.4. The zero-order valence-electron chi connectivity index (χ0n) is 33.0. The summed E-state index contributed by atoms with van der Waals surface area (Å²) in [5, 5.41) is 24.5. The van der Waals surface area contributed by atoms with E-state index in [0.717, 1.165) is 44.9 Å². The molecule has 0 saturated carbocycles. The van der Waals surface area contributed by atoms with Crippen molar-refractivity contribution in [2.75, 3.05) is 40.9 Å². The number of nitrogens with zero attached hydrogens (tertiary/aromatic N) is 1. The van der Waals surface area contributed by atoms with Crippen molar-refractivity contribution >= 4 is 13.7 Å². The summed E-state index contributed by atoms with van der Waals surface area (Å²) in [7, 11) is 1.10. The van der Waals surface area contributed by atoms with E-state index in [2.05, 4.69) is 43.5 Å². The van der Waals surface area contributed by atoms with Gasteiger partial charge in [-0.05, 0) is 64.2 Å². The van der Waals surface area contributed by atoms with Crippen LogP contribution in [-0.4, -0.2) is 79.8 Å². The number of phosphoric acid groups is 1. The number of quaternary nitrogens is 1. The Morgan fingerprint density at radius 2 is 1.14 bits per heavy atom. The number of unbranched alkanes of at least 4 members (excludes halogenated alkanes) is 18. The predicted molar refractivity (Wildman–Crippen MR) is 207 cm³/mol. The van der Waals surface area contributed by atoms with Crippen molar-refractivity contribution in [2.24, 2.45) is 0 Å². The fraction of sp³-hybridized carbons (Fsp3) is 0.875. The van der Waals surface area contributed by atoms with E-state index >= 15 is 0 Å². The quantitative estimate of drug-likeness (QED) is 0.0254. The van der Waals surface area contributed by atoms with Crippen molar-refractivity contribution in [3.05, 3.63) is 24.3 Å². The number of carbonyl (C=O) groups excluding carboxylic acids is 1. The van der Waals surface area contributed by atoms with Crippen LogP contribution in [0.15, 0.2) is 24.3 Å². The van der Waals surface area contributed by atoms with E-state index in [1.165, 1.54) is 83.5 Å². The molecule has 4 unspecified atom stereocenters. The molecule has 296 valence electrons. The topological polar surface area (TPSA) is 128 Å². The molecule has 0 rings (SSSR count). The Morgan fingerprint density at radius 3 is 1.62 bits per heavy atom. The van der Waals surface area contributed by atoms with Gasteiger partial charge in [0, 0.05) is 6.42 Å². The molecule has 0 heterocycles. The Hall–Kier alpha value is -1.06. The molecular formula is C40H79N2O7P. The van der Waals surface area contributed by atoms with Gasteiger partial charge in [0.25, 0.3) is 7.82 Å². The Bertz CT molecular complexity index is 893. The standard InChI is InChI=1S/C40H79N2O7P/c1-6-8-10-12-14-16-18-20-21-23-25-27-29-31-33-39(44)41-37(36-49-50(46,47)48-35-34-42(3,4)5)40(45)38(43)32-30-28-26-24-22-19-17-15-13-11-9-7-2/h18,20,24,26,37-38,40,43,45H,6-17,19,21-23,25,27-36H2,1-5H3,(H-,41,44,46,47)/b20-18-,26-24+. The van der Waals surface area contributed by atoms with Crippen LogP contribution in [0.25, 0.3) is 0 Å². The first-order valence-electron chi connectivity index (χ1n) is 20.3. The van der Waals surface area contributed by atoms with Crippen molar-refractivity contribution in [1.29, 1.82) is 0 Å². The van der Waals surface area contributed by atoms with E-state index in [9.17, 15) is 24.5 Å². The second-order valence-electron chi connectivity index (χ2n) is 15.1. The van der Waals surface area contributed by atoms with Crippen molar-refractivity contribution in [3.63, 3.8) is 0 Å². The van der Waals surface area contributed by atoms with Crippen molar-refractivity contribution in [1.82, 2.24) is 5.32 Å². The number of likely N-dealkylation sites (N-methyl/N-ethyl adjacent to an activating group) is 1. The molecule has 10 heteroatoms. The number of aliphatic hydroxyl groups is 2. The predicted octanol–water partition coefficient (Wildman–Crippen LogP) is 8.92. The van der Waals surface area contributed by atoms with Crippen LogP contribution in [0, 0.1) is 0 Å². The summed E-state index contributed by atoms with van der Waals surface area (Å²) in [5.41, 5.74) is 0. The number of aliphatic hydroxyl groups excluding tert-OH is 2. The van der Waals surface area contributed by atoms with Gasteiger partial charge in [-0.15, -0.1) is 0 Å². The number of carbonyl (C=O) groups is 1. The minimum atomic E-state index is -4.67. The van der Waals surface area contributed by atoms with Crippen LogP contribution in [0.1, 0.15) is 168 Å². The van der Waals surface area contributed by atoms with Crippen molar-refractivity contribution in [3.8, 4) is 0 Å². The first-order chi connectivity index (χ1) is 23.9. The van der Waals surface area contributed by atoms with Crippen molar-refractivity contribution in [2.45, 2.75) is 186 Å². The molecular weight excluding hydrogens is 651 g/mol. The fourth-order valence-electron chi connectivity index (χ4n) is 5.66. The first-order valence-corrected chi connectivity index (χ1v) is 21.7. The van der Waals surface area contributed by atoms with Gasteiger partial charge in [0.05, 0.1) is 39.9 Å². The summed E-state index contributed by atoms with van der Waals surface area (Å²) in [6, 6.07) is -1.09. The molecule has 50 heavy (non-hydrogen) atoms. The SMILES string of the molecule is CCCCCCC/C=C\CCCCCCCC(=O)NC(COP(=O)([O-])OCC[N+](C)(C)C)C(O)C(O)CCC/C=C/CCCCCCCCC. The third kappa shape index (κ3) is 32.8. The van der Waals surface area contributed by atoms with Gasteiger partial charge in [-0.1, -0.05) is 122 Å². The van der Waals surface area contributed by atoms with Gasteiger partial charge in [0.15, 0.2) is 0 Å². The fourth-order valence-corrected chi connectivity index (χ4v) is 6.38. The van der Waals surface area contributed by atoms with E-state index in [4.69, 9.17) is 9.05 Å². The number of nitrogens with one attached hydrogen (secondary N) is 1. The van der Waals surface area contributed by atoms with Crippen molar-refractivity contribution < 1.29 is 38.0 Å². The number of rotatable bonds is 36. The molecule has 0 aromatic rings. The summed E-state index contributed by atoms with van der Waals surface area (Å²) >= 11 is 0.